The molecule has 106 valence electrons. The summed E-state index contributed by atoms with van der Waals surface area (Å²) < 4.78 is 5.60. The summed E-state index contributed by atoms with van der Waals surface area (Å²) >= 11 is 3.47. The molecule has 0 saturated carbocycles. The van der Waals surface area contributed by atoms with Gasteiger partial charge in [-0.1, -0.05) is 34.1 Å². The summed E-state index contributed by atoms with van der Waals surface area (Å²) in [6.07, 6.45) is 0. The molecule has 7 nitrogen and oxygen atoms in total. The van der Waals surface area contributed by atoms with Gasteiger partial charge in [0.25, 0.3) is 0 Å². The Morgan fingerprint density at radius 3 is 2.71 bits per heavy atom. The van der Waals surface area contributed by atoms with Crippen LogP contribution in [0.25, 0.3) is 11.0 Å². The second-order valence-electron chi connectivity index (χ2n) is 4.30. The molecule has 0 aliphatic carbocycles. The third-order valence-electron chi connectivity index (χ3n) is 3.02. The van der Waals surface area contributed by atoms with E-state index in [0.717, 1.165) is 10.0 Å². The summed E-state index contributed by atoms with van der Waals surface area (Å²) in [4.78, 5) is 10.4. The van der Waals surface area contributed by atoms with Crippen molar-refractivity contribution in [1.82, 2.24) is 10.3 Å². The molecule has 8 heteroatoms. The minimum atomic E-state index is -0.510. The number of hydrogen-bond donors (Lipinski definition) is 1. The topological polar surface area (TPSA) is 94.1 Å². The second kappa shape index (κ2) is 5.49. The maximum Gasteiger partial charge on any atom is 0.300 e. The van der Waals surface area contributed by atoms with Gasteiger partial charge in [-0.2, -0.15) is 0 Å². The van der Waals surface area contributed by atoms with Crippen molar-refractivity contribution in [3.05, 3.63) is 56.5 Å². The number of nitrogens with one attached hydrogen (secondary N) is 1. The molecule has 3 rings (SSSR count). The predicted molar refractivity (Wildman–Crippen MR) is 79.9 cm³/mol. The van der Waals surface area contributed by atoms with Crippen LogP contribution in [0, 0.1) is 10.1 Å². The van der Waals surface area contributed by atoms with Gasteiger partial charge in [-0.05, 0) is 28.0 Å². The fourth-order valence-electron chi connectivity index (χ4n) is 1.98. The molecule has 1 N–H and O–H groups in total. The van der Waals surface area contributed by atoms with E-state index in [9.17, 15) is 10.1 Å². The van der Waals surface area contributed by atoms with Gasteiger partial charge in [-0.3, -0.25) is 10.1 Å². The molecular weight excluding hydrogens is 340 g/mol. The number of anilines is 1. The highest BCUT2D eigenvalue weighted by Crippen LogP contribution is 2.29. The summed E-state index contributed by atoms with van der Waals surface area (Å²) in [6.45, 7) is 0.543. The monoisotopic (exact) mass is 348 g/mol. The lowest BCUT2D eigenvalue weighted by Gasteiger charge is -2.08. The van der Waals surface area contributed by atoms with E-state index in [1.165, 1.54) is 6.07 Å². The van der Waals surface area contributed by atoms with E-state index in [1.54, 1.807) is 6.07 Å². The van der Waals surface area contributed by atoms with Crippen molar-refractivity contribution >= 4 is 38.3 Å². The minimum Gasteiger partial charge on any atom is -0.379 e. The normalized spacial score (nSPS) is 10.7. The number of nitrogens with zero attached hydrogens (tertiary/aromatic N) is 3. The van der Waals surface area contributed by atoms with E-state index in [2.05, 4.69) is 36.2 Å². The number of hydrogen-bond acceptors (Lipinski definition) is 6. The van der Waals surface area contributed by atoms with Crippen LogP contribution in [0.2, 0.25) is 0 Å². The first-order chi connectivity index (χ1) is 10.2. The first-order valence-corrected chi connectivity index (χ1v) is 6.83. The molecule has 0 amide bonds. The van der Waals surface area contributed by atoms with Crippen molar-refractivity contribution in [3.63, 3.8) is 0 Å². The van der Waals surface area contributed by atoms with Gasteiger partial charge in [0.2, 0.25) is 5.52 Å². The molecule has 0 aliphatic heterocycles. The number of halogens is 1. The molecule has 0 spiro atoms. The summed E-state index contributed by atoms with van der Waals surface area (Å²) in [5, 5.41) is 21.4. The van der Waals surface area contributed by atoms with Crippen LogP contribution >= 0.6 is 15.9 Å². The first kappa shape index (κ1) is 13.5. The van der Waals surface area contributed by atoms with Gasteiger partial charge >= 0.3 is 5.69 Å². The molecule has 0 unspecified atom stereocenters. The lowest BCUT2D eigenvalue weighted by atomic mass is 10.2. The zero-order valence-corrected chi connectivity index (χ0v) is 12.2. The van der Waals surface area contributed by atoms with E-state index >= 15 is 0 Å². The van der Waals surface area contributed by atoms with Crippen molar-refractivity contribution < 1.29 is 9.55 Å². The van der Waals surface area contributed by atoms with E-state index in [1.807, 2.05) is 24.3 Å². The Hall–Kier alpha value is -2.48. The number of benzene rings is 2. The zero-order valence-electron chi connectivity index (χ0n) is 10.6. The van der Waals surface area contributed by atoms with E-state index in [-0.39, 0.29) is 11.2 Å². The third kappa shape index (κ3) is 2.57. The molecule has 0 bridgehead atoms. The van der Waals surface area contributed by atoms with Crippen LogP contribution in [0.3, 0.4) is 0 Å². The standard InChI is InChI=1S/C13H9BrN4O3/c14-9-4-2-1-3-8(9)7-15-10-5-6-11(18(19)20)13-12(10)16-21-17-13/h1-6,15H,7H2. The number of non-ortho nitro benzene ring substituents is 1. The van der Waals surface area contributed by atoms with Gasteiger partial charge in [0, 0.05) is 17.1 Å². The van der Waals surface area contributed by atoms with Crippen LogP contribution in [0.1, 0.15) is 5.56 Å². The Kier molecular flexibility index (Phi) is 3.53. The lowest BCUT2D eigenvalue weighted by molar-refractivity contribution is -0.383. The van der Waals surface area contributed by atoms with E-state index < -0.39 is 4.92 Å². The number of nitro groups is 1. The van der Waals surface area contributed by atoms with Crippen LogP contribution in [0.4, 0.5) is 11.4 Å². The molecule has 0 atom stereocenters. The van der Waals surface area contributed by atoms with Crippen LogP contribution in [-0.4, -0.2) is 15.2 Å². The van der Waals surface area contributed by atoms with Crippen molar-refractivity contribution in [2.45, 2.75) is 6.54 Å². The lowest BCUT2D eigenvalue weighted by Crippen LogP contribution is -2.01. The SMILES string of the molecule is O=[N+]([O-])c1ccc(NCc2ccccc2Br)c2nonc12. The largest absolute Gasteiger partial charge is 0.379 e. The van der Waals surface area contributed by atoms with Crippen LogP contribution in [-0.2, 0) is 6.54 Å². The summed E-state index contributed by atoms with van der Waals surface area (Å²) in [5.41, 5.74) is 2.04. The molecule has 0 aliphatic rings. The molecule has 1 heterocycles. The van der Waals surface area contributed by atoms with Crippen molar-refractivity contribution in [2.24, 2.45) is 0 Å². The zero-order chi connectivity index (χ0) is 14.8. The fourth-order valence-corrected chi connectivity index (χ4v) is 2.40. The predicted octanol–water partition coefficient (Wildman–Crippen LogP) is 3.51. The first-order valence-electron chi connectivity index (χ1n) is 6.04. The number of rotatable bonds is 4. The Balaban J connectivity index is 1.92. The molecule has 21 heavy (non-hydrogen) atoms. The fraction of sp³-hybridized carbons (Fsp3) is 0.0769. The van der Waals surface area contributed by atoms with Gasteiger partial charge in [-0.25, -0.2) is 4.63 Å². The molecule has 0 radical (unpaired) electrons. The average Bonchev–Trinajstić information content (AvgIpc) is 2.95. The second-order valence-corrected chi connectivity index (χ2v) is 5.15. The Bertz CT molecular complexity index is 818. The molecule has 1 aromatic heterocycles. The van der Waals surface area contributed by atoms with Gasteiger partial charge < -0.3 is 5.32 Å². The van der Waals surface area contributed by atoms with Crippen LogP contribution in [0.15, 0.2) is 45.5 Å². The van der Waals surface area contributed by atoms with Crippen LogP contribution in [0.5, 0.6) is 0 Å². The number of aromatic nitrogens is 2. The summed E-state index contributed by atoms with van der Waals surface area (Å²) in [7, 11) is 0. The van der Waals surface area contributed by atoms with Crippen molar-refractivity contribution in [1.29, 1.82) is 0 Å². The smallest absolute Gasteiger partial charge is 0.300 e. The van der Waals surface area contributed by atoms with Gasteiger partial charge in [0.15, 0.2) is 5.52 Å². The molecule has 0 saturated heterocycles. The summed E-state index contributed by atoms with van der Waals surface area (Å²) in [6, 6.07) is 10.8. The van der Waals surface area contributed by atoms with Crippen LogP contribution < -0.4 is 5.32 Å². The maximum atomic E-state index is 10.9. The quantitative estimate of drug-likeness (QED) is 0.572. The molecule has 3 aromatic rings. The van der Waals surface area contributed by atoms with Gasteiger partial charge in [0.05, 0.1) is 10.6 Å². The Labute approximate surface area is 127 Å². The highest BCUT2D eigenvalue weighted by Gasteiger charge is 2.19. The Morgan fingerprint density at radius 1 is 1.19 bits per heavy atom. The maximum absolute atomic E-state index is 10.9. The Morgan fingerprint density at radius 2 is 1.95 bits per heavy atom. The van der Waals surface area contributed by atoms with Gasteiger partial charge in [-0.15, -0.1) is 0 Å². The number of fused-ring (bicyclic) bond motifs is 1. The number of nitro benzene ring substituents is 1. The van der Waals surface area contributed by atoms with Gasteiger partial charge in [0.1, 0.15) is 0 Å². The molecular formula is C13H9BrN4O3. The molecule has 2 aromatic carbocycles. The van der Waals surface area contributed by atoms with E-state index in [4.69, 9.17) is 0 Å². The minimum absolute atomic E-state index is 0.127. The highest BCUT2D eigenvalue weighted by molar-refractivity contribution is 9.10. The molecule has 0 fully saturated rings. The van der Waals surface area contributed by atoms with Crippen molar-refractivity contribution in [3.8, 4) is 0 Å². The summed E-state index contributed by atoms with van der Waals surface area (Å²) in [5.74, 6) is 0. The third-order valence-corrected chi connectivity index (χ3v) is 3.79. The highest BCUT2D eigenvalue weighted by atomic mass is 79.9. The average molecular weight is 349 g/mol. The van der Waals surface area contributed by atoms with E-state index in [0.29, 0.717) is 17.7 Å². The van der Waals surface area contributed by atoms with Crippen molar-refractivity contribution in [2.75, 3.05) is 5.32 Å².